The molecule has 0 fully saturated rings. The van der Waals surface area contributed by atoms with Gasteiger partial charge in [0.15, 0.2) is 11.0 Å². The second-order valence-corrected chi connectivity index (χ2v) is 8.41. The number of benzene rings is 1. The van der Waals surface area contributed by atoms with Gasteiger partial charge in [-0.05, 0) is 25.3 Å². The minimum atomic E-state index is -0.135. The van der Waals surface area contributed by atoms with Crippen molar-refractivity contribution in [2.45, 2.75) is 45.3 Å². The van der Waals surface area contributed by atoms with Crippen molar-refractivity contribution in [2.24, 2.45) is 0 Å². The number of rotatable bonds is 7. The van der Waals surface area contributed by atoms with Crippen LogP contribution in [-0.4, -0.2) is 36.6 Å². The zero-order valence-electron chi connectivity index (χ0n) is 15.8. The van der Waals surface area contributed by atoms with Crippen LogP contribution in [0.1, 0.15) is 37.3 Å². The van der Waals surface area contributed by atoms with Crippen molar-refractivity contribution in [2.75, 3.05) is 11.1 Å². The van der Waals surface area contributed by atoms with E-state index in [1.54, 1.807) is 0 Å². The molecule has 2 heterocycles. The van der Waals surface area contributed by atoms with Crippen LogP contribution in [-0.2, 0) is 11.3 Å². The van der Waals surface area contributed by atoms with E-state index in [4.69, 9.17) is 0 Å². The molecule has 0 atom stereocenters. The van der Waals surface area contributed by atoms with Crippen LogP contribution in [0.4, 0.5) is 5.13 Å². The number of carbonyl (C=O) groups is 1. The maximum Gasteiger partial charge on any atom is 0.236 e. The van der Waals surface area contributed by atoms with Gasteiger partial charge in [-0.1, -0.05) is 61.2 Å². The lowest BCUT2D eigenvalue weighted by atomic mass is 10.0. The van der Waals surface area contributed by atoms with Gasteiger partial charge in [-0.15, -0.1) is 20.4 Å². The van der Waals surface area contributed by atoms with E-state index in [2.05, 4.69) is 63.8 Å². The molecule has 0 aliphatic carbocycles. The van der Waals surface area contributed by atoms with E-state index < -0.39 is 0 Å². The van der Waals surface area contributed by atoms with E-state index in [0.29, 0.717) is 11.0 Å². The standard InChI is InChI=1S/C18H22N6OS2/c1-5-24-16(14-8-6-13(7-9-14)11(2)3)21-23-18(24)26-10-15(25)19-17-22-20-12(4)27-17/h6-9,11H,5,10H2,1-4H3,(H,19,22,25). The van der Waals surface area contributed by atoms with Crippen LogP contribution < -0.4 is 5.32 Å². The Bertz CT molecular complexity index is 916. The molecule has 0 spiro atoms. The van der Waals surface area contributed by atoms with Crippen molar-refractivity contribution < 1.29 is 4.79 Å². The van der Waals surface area contributed by atoms with E-state index in [9.17, 15) is 4.79 Å². The van der Waals surface area contributed by atoms with E-state index in [0.717, 1.165) is 28.1 Å². The summed E-state index contributed by atoms with van der Waals surface area (Å²) < 4.78 is 2.03. The Morgan fingerprint density at radius 2 is 1.93 bits per heavy atom. The third-order valence-corrected chi connectivity index (χ3v) is 5.69. The molecule has 9 heteroatoms. The van der Waals surface area contributed by atoms with Gasteiger partial charge in [-0.3, -0.25) is 10.1 Å². The quantitative estimate of drug-likeness (QED) is 0.602. The number of aryl methyl sites for hydroxylation is 1. The number of hydrogen-bond donors (Lipinski definition) is 1. The number of amides is 1. The Morgan fingerprint density at radius 3 is 2.52 bits per heavy atom. The highest BCUT2D eigenvalue weighted by atomic mass is 32.2. The molecule has 1 aromatic carbocycles. The van der Waals surface area contributed by atoms with E-state index in [1.807, 2.05) is 18.4 Å². The number of anilines is 1. The molecule has 0 radical (unpaired) electrons. The topological polar surface area (TPSA) is 85.6 Å². The fraction of sp³-hybridized carbons (Fsp3) is 0.389. The highest BCUT2D eigenvalue weighted by molar-refractivity contribution is 7.99. The van der Waals surface area contributed by atoms with Crippen LogP contribution in [0.3, 0.4) is 0 Å². The second kappa shape index (κ2) is 8.62. The highest BCUT2D eigenvalue weighted by Crippen LogP contribution is 2.26. The molecule has 0 saturated heterocycles. The molecule has 3 rings (SSSR count). The predicted molar refractivity (Wildman–Crippen MR) is 109 cm³/mol. The van der Waals surface area contributed by atoms with Gasteiger partial charge in [0, 0.05) is 12.1 Å². The smallest absolute Gasteiger partial charge is 0.236 e. The number of thioether (sulfide) groups is 1. The monoisotopic (exact) mass is 402 g/mol. The largest absolute Gasteiger partial charge is 0.302 e. The molecular formula is C18H22N6OS2. The number of carbonyl (C=O) groups excluding carboxylic acids is 1. The summed E-state index contributed by atoms with van der Waals surface area (Å²) in [4.78, 5) is 12.1. The van der Waals surface area contributed by atoms with Crippen LogP contribution in [0.15, 0.2) is 29.4 Å². The summed E-state index contributed by atoms with van der Waals surface area (Å²) >= 11 is 2.72. The Morgan fingerprint density at radius 1 is 1.19 bits per heavy atom. The fourth-order valence-electron chi connectivity index (χ4n) is 2.54. The molecule has 27 heavy (non-hydrogen) atoms. The Labute approximate surface area is 166 Å². The molecule has 0 bridgehead atoms. The lowest BCUT2D eigenvalue weighted by molar-refractivity contribution is -0.113. The lowest BCUT2D eigenvalue weighted by Gasteiger charge is -2.09. The normalized spacial score (nSPS) is 11.1. The van der Waals surface area contributed by atoms with Gasteiger partial charge in [0.1, 0.15) is 5.01 Å². The predicted octanol–water partition coefficient (Wildman–Crippen LogP) is 3.98. The average Bonchev–Trinajstić information content (AvgIpc) is 3.25. The first kappa shape index (κ1) is 19.5. The van der Waals surface area contributed by atoms with Crippen LogP contribution >= 0.6 is 23.1 Å². The summed E-state index contributed by atoms with van der Waals surface area (Å²) in [6.45, 7) is 8.97. The molecule has 1 amide bonds. The van der Waals surface area contributed by atoms with E-state index >= 15 is 0 Å². The van der Waals surface area contributed by atoms with Gasteiger partial charge in [-0.25, -0.2) is 0 Å². The molecule has 3 aromatic rings. The lowest BCUT2D eigenvalue weighted by Crippen LogP contribution is -2.14. The third kappa shape index (κ3) is 4.72. The number of hydrogen-bond acceptors (Lipinski definition) is 7. The summed E-state index contributed by atoms with van der Waals surface area (Å²) in [5, 5.41) is 21.2. The van der Waals surface area contributed by atoms with Crippen LogP contribution in [0.5, 0.6) is 0 Å². The fourth-order valence-corrected chi connectivity index (χ4v) is 3.95. The first-order chi connectivity index (χ1) is 13.0. The Balaban J connectivity index is 1.69. The van der Waals surface area contributed by atoms with Gasteiger partial charge in [-0.2, -0.15) is 0 Å². The Hall–Kier alpha value is -2.26. The Kier molecular flexibility index (Phi) is 6.22. The zero-order valence-corrected chi connectivity index (χ0v) is 17.4. The summed E-state index contributed by atoms with van der Waals surface area (Å²) in [6, 6.07) is 8.40. The first-order valence-electron chi connectivity index (χ1n) is 8.74. The third-order valence-electron chi connectivity index (χ3n) is 3.97. The molecule has 1 N–H and O–H groups in total. The van der Waals surface area contributed by atoms with Gasteiger partial charge < -0.3 is 4.57 Å². The minimum absolute atomic E-state index is 0.135. The van der Waals surface area contributed by atoms with Crippen molar-refractivity contribution in [3.8, 4) is 11.4 Å². The van der Waals surface area contributed by atoms with Crippen molar-refractivity contribution in [1.29, 1.82) is 0 Å². The van der Waals surface area contributed by atoms with Gasteiger partial charge in [0.05, 0.1) is 5.75 Å². The van der Waals surface area contributed by atoms with Crippen molar-refractivity contribution in [1.82, 2.24) is 25.0 Å². The molecule has 0 aliphatic heterocycles. The van der Waals surface area contributed by atoms with Gasteiger partial charge in [0.25, 0.3) is 0 Å². The van der Waals surface area contributed by atoms with Crippen molar-refractivity contribution >= 4 is 34.1 Å². The van der Waals surface area contributed by atoms with Crippen LogP contribution in [0.2, 0.25) is 0 Å². The minimum Gasteiger partial charge on any atom is -0.302 e. The molecule has 0 aliphatic rings. The van der Waals surface area contributed by atoms with Gasteiger partial charge in [0.2, 0.25) is 11.0 Å². The van der Waals surface area contributed by atoms with E-state index in [-0.39, 0.29) is 11.7 Å². The SMILES string of the molecule is CCn1c(SCC(=O)Nc2nnc(C)s2)nnc1-c1ccc(C(C)C)cc1. The molecule has 2 aromatic heterocycles. The molecule has 0 saturated carbocycles. The van der Waals surface area contributed by atoms with Crippen molar-refractivity contribution in [3.05, 3.63) is 34.8 Å². The second-order valence-electron chi connectivity index (χ2n) is 6.29. The summed E-state index contributed by atoms with van der Waals surface area (Å²) in [6.07, 6.45) is 0. The molecular weight excluding hydrogens is 380 g/mol. The van der Waals surface area contributed by atoms with Crippen LogP contribution in [0.25, 0.3) is 11.4 Å². The van der Waals surface area contributed by atoms with Crippen molar-refractivity contribution in [3.63, 3.8) is 0 Å². The van der Waals surface area contributed by atoms with E-state index in [1.165, 1.54) is 28.7 Å². The highest BCUT2D eigenvalue weighted by Gasteiger charge is 2.15. The maximum absolute atomic E-state index is 12.1. The number of aromatic nitrogens is 5. The average molecular weight is 403 g/mol. The maximum atomic E-state index is 12.1. The first-order valence-corrected chi connectivity index (χ1v) is 10.5. The molecule has 7 nitrogen and oxygen atoms in total. The molecule has 142 valence electrons. The number of nitrogens with one attached hydrogen (secondary N) is 1. The summed E-state index contributed by atoms with van der Waals surface area (Å²) in [7, 11) is 0. The van der Waals surface area contributed by atoms with Gasteiger partial charge >= 0.3 is 0 Å². The summed E-state index contributed by atoms with van der Waals surface area (Å²) in [5.41, 5.74) is 2.31. The molecule has 0 unspecified atom stereocenters. The van der Waals surface area contributed by atoms with Crippen LogP contribution in [0, 0.1) is 6.92 Å². The summed E-state index contributed by atoms with van der Waals surface area (Å²) in [5.74, 6) is 1.41. The zero-order chi connectivity index (χ0) is 19.4. The number of nitrogens with zero attached hydrogens (tertiary/aromatic N) is 5.